The van der Waals surface area contributed by atoms with Crippen molar-refractivity contribution in [3.05, 3.63) is 16.1 Å². The van der Waals surface area contributed by atoms with Crippen molar-refractivity contribution in [3.63, 3.8) is 0 Å². The second kappa shape index (κ2) is 8.03. The minimum atomic E-state index is 0.0989. The van der Waals surface area contributed by atoms with Crippen LogP contribution in [-0.4, -0.2) is 35.7 Å². The van der Waals surface area contributed by atoms with Crippen LogP contribution in [0.15, 0.2) is 11.2 Å². The molecule has 96 valence electrons. The van der Waals surface area contributed by atoms with Crippen molar-refractivity contribution in [1.29, 1.82) is 0 Å². The van der Waals surface area contributed by atoms with Crippen LogP contribution in [0, 0.1) is 0 Å². The molecule has 0 saturated carbocycles. The SMILES string of the molecule is CCNC(=NCc1ncc(CC)s1)NCCO. The molecule has 0 aliphatic heterocycles. The lowest BCUT2D eigenvalue weighted by atomic mass is 10.4. The molecule has 0 aliphatic rings. The van der Waals surface area contributed by atoms with Gasteiger partial charge >= 0.3 is 0 Å². The van der Waals surface area contributed by atoms with Gasteiger partial charge in [0.25, 0.3) is 0 Å². The number of aliphatic hydroxyl groups excluding tert-OH is 1. The number of aliphatic hydroxyl groups is 1. The summed E-state index contributed by atoms with van der Waals surface area (Å²) >= 11 is 1.69. The van der Waals surface area contributed by atoms with Crippen LogP contribution in [0.25, 0.3) is 0 Å². The Morgan fingerprint density at radius 3 is 2.88 bits per heavy atom. The van der Waals surface area contributed by atoms with E-state index in [0.29, 0.717) is 13.1 Å². The molecule has 0 fully saturated rings. The van der Waals surface area contributed by atoms with Gasteiger partial charge < -0.3 is 15.7 Å². The van der Waals surface area contributed by atoms with Crippen LogP contribution in [0.2, 0.25) is 0 Å². The lowest BCUT2D eigenvalue weighted by molar-refractivity contribution is 0.300. The van der Waals surface area contributed by atoms with E-state index >= 15 is 0 Å². The van der Waals surface area contributed by atoms with E-state index in [9.17, 15) is 0 Å². The van der Waals surface area contributed by atoms with E-state index < -0.39 is 0 Å². The van der Waals surface area contributed by atoms with Crippen LogP contribution in [0.3, 0.4) is 0 Å². The van der Waals surface area contributed by atoms with Crippen LogP contribution in [0.1, 0.15) is 23.7 Å². The highest BCUT2D eigenvalue weighted by atomic mass is 32.1. The molecule has 3 N–H and O–H groups in total. The Morgan fingerprint density at radius 2 is 2.29 bits per heavy atom. The van der Waals surface area contributed by atoms with E-state index in [-0.39, 0.29) is 6.61 Å². The van der Waals surface area contributed by atoms with Crippen molar-refractivity contribution in [1.82, 2.24) is 15.6 Å². The highest BCUT2D eigenvalue weighted by molar-refractivity contribution is 7.11. The van der Waals surface area contributed by atoms with Crippen molar-refractivity contribution < 1.29 is 5.11 Å². The zero-order valence-electron chi connectivity index (χ0n) is 10.4. The van der Waals surface area contributed by atoms with E-state index in [1.54, 1.807) is 11.3 Å². The van der Waals surface area contributed by atoms with Crippen LogP contribution < -0.4 is 10.6 Å². The molecule has 0 saturated heterocycles. The third-order valence-corrected chi connectivity index (χ3v) is 3.20. The number of aliphatic imine (C=N–C) groups is 1. The van der Waals surface area contributed by atoms with Crippen molar-refractivity contribution in [2.45, 2.75) is 26.8 Å². The third kappa shape index (κ3) is 5.14. The van der Waals surface area contributed by atoms with E-state index in [1.165, 1.54) is 4.88 Å². The van der Waals surface area contributed by atoms with Gasteiger partial charge in [0.15, 0.2) is 5.96 Å². The average molecular weight is 256 g/mol. The maximum Gasteiger partial charge on any atom is 0.191 e. The second-order valence-electron chi connectivity index (χ2n) is 3.42. The van der Waals surface area contributed by atoms with Crippen molar-refractivity contribution >= 4 is 17.3 Å². The first-order valence-electron chi connectivity index (χ1n) is 5.86. The number of rotatable bonds is 6. The summed E-state index contributed by atoms with van der Waals surface area (Å²) in [5, 5.41) is 15.9. The fourth-order valence-electron chi connectivity index (χ4n) is 1.25. The summed E-state index contributed by atoms with van der Waals surface area (Å²) in [4.78, 5) is 9.99. The smallest absolute Gasteiger partial charge is 0.191 e. The molecule has 0 amide bonds. The topological polar surface area (TPSA) is 69.5 Å². The molecular weight excluding hydrogens is 236 g/mol. The van der Waals surface area contributed by atoms with Crippen molar-refractivity contribution in [2.24, 2.45) is 4.99 Å². The number of guanidine groups is 1. The van der Waals surface area contributed by atoms with Gasteiger partial charge in [0.1, 0.15) is 5.01 Å². The molecule has 0 unspecified atom stereocenters. The van der Waals surface area contributed by atoms with Gasteiger partial charge in [0.2, 0.25) is 0 Å². The van der Waals surface area contributed by atoms with Gasteiger partial charge in [-0.3, -0.25) is 0 Å². The van der Waals surface area contributed by atoms with Gasteiger partial charge in [-0.05, 0) is 13.3 Å². The second-order valence-corrected chi connectivity index (χ2v) is 4.62. The van der Waals surface area contributed by atoms with Gasteiger partial charge in [0.05, 0.1) is 13.2 Å². The fraction of sp³-hybridized carbons (Fsp3) is 0.636. The average Bonchev–Trinajstić information content (AvgIpc) is 2.80. The Bertz CT molecular complexity index is 351. The molecule has 1 heterocycles. The minimum absolute atomic E-state index is 0.0989. The van der Waals surface area contributed by atoms with Gasteiger partial charge in [-0.2, -0.15) is 0 Å². The van der Waals surface area contributed by atoms with Gasteiger partial charge in [-0.15, -0.1) is 11.3 Å². The third-order valence-electron chi connectivity index (χ3n) is 2.07. The molecule has 0 radical (unpaired) electrons. The summed E-state index contributed by atoms with van der Waals surface area (Å²) in [7, 11) is 0. The molecular formula is C11H20N4OS. The number of thiazole rings is 1. The predicted molar refractivity (Wildman–Crippen MR) is 71.4 cm³/mol. The number of nitrogens with zero attached hydrogens (tertiary/aromatic N) is 2. The first-order chi connectivity index (χ1) is 8.30. The Balaban J connectivity index is 2.51. The lowest BCUT2D eigenvalue weighted by Gasteiger charge is -2.09. The molecule has 0 atom stereocenters. The van der Waals surface area contributed by atoms with Crippen LogP contribution in [-0.2, 0) is 13.0 Å². The molecule has 0 aromatic carbocycles. The molecule has 17 heavy (non-hydrogen) atoms. The summed E-state index contributed by atoms with van der Waals surface area (Å²) in [5.74, 6) is 0.717. The molecule has 5 nitrogen and oxygen atoms in total. The molecule has 0 spiro atoms. The zero-order chi connectivity index (χ0) is 12.5. The highest BCUT2D eigenvalue weighted by Gasteiger charge is 2.00. The molecule has 1 aromatic heterocycles. The van der Waals surface area contributed by atoms with E-state index in [0.717, 1.165) is 23.9 Å². The Kier molecular flexibility index (Phi) is 6.57. The summed E-state index contributed by atoms with van der Waals surface area (Å²) in [6.45, 7) is 6.11. The number of aryl methyl sites for hydroxylation is 1. The number of hydrogen-bond acceptors (Lipinski definition) is 4. The summed E-state index contributed by atoms with van der Waals surface area (Å²) in [6.07, 6.45) is 2.92. The van der Waals surface area contributed by atoms with Crippen molar-refractivity contribution in [2.75, 3.05) is 19.7 Å². The van der Waals surface area contributed by atoms with Crippen LogP contribution >= 0.6 is 11.3 Å². The molecule has 1 rings (SSSR count). The van der Waals surface area contributed by atoms with Crippen LogP contribution in [0.5, 0.6) is 0 Å². The normalized spacial score (nSPS) is 11.6. The molecule has 1 aromatic rings. The number of aromatic nitrogens is 1. The quantitative estimate of drug-likeness (QED) is 0.519. The van der Waals surface area contributed by atoms with Crippen LogP contribution in [0.4, 0.5) is 0 Å². The van der Waals surface area contributed by atoms with E-state index in [4.69, 9.17) is 5.11 Å². The number of nitrogens with one attached hydrogen (secondary N) is 2. The Labute approximate surface area is 106 Å². The van der Waals surface area contributed by atoms with Crippen molar-refractivity contribution in [3.8, 4) is 0 Å². The summed E-state index contributed by atoms with van der Waals surface area (Å²) in [5.41, 5.74) is 0. The lowest BCUT2D eigenvalue weighted by Crippen LogP contribution is -2.38. The highest BCUT2D eigenvalue weighted by Crippen LogP contribution is 2.13. The Morgan fingerprint density at radius 1 is 1.47 bits per heavy atom. The predicted octanol–water partition coefficient (Wildman–Crippen LogP) is 0.753. The first kappa shape index (κ1) is 13.9. The molecule has 6 heteroatoms. The summed E-state index contributed by atoms with van der Waals surface area (Å²) < 4.78 is 0. The van der Waals surface area contributed by atoms with E-state index in [2.05, 4.69) is 27.5 Å². The monoisotopic (exact) mass is 256 g/mol. The summed E-state index contributed by atoms with van der Waals surface area (Å²) in [6, 6.07) is 0. The maximum absolute atomic E-state index is 8.75. The number of hydrogen-bond donors (Lipinski definition) is 3. The fourth-order valence-corrected chi connectivity index (χ4v) is 2.03. The molecule has 0 aliphatic carbocycles. The molecule has 0 bridgehead atoms. The minimum Gasteiger partial charge on any atom is -0.395 e. The van der Waals surface area contributed by atoms with Gasteiger partial charge in [-0.25, -0.2) is 9.98 Å². The first-order valence-corrected chi connectivity index (χ1v) is 6.68. The van der Waals surface area contributed by atoms with Gasteiger partial charge in [-0.1, -0.05) is 6.92 Å². The maximum atomic E-state index is 8.75. The zero-order valence-corrected chi connectivity index (χ0v) is 11.2. The van der Waals surface area contributed by atoms with E-state index in [1.807, 2.05) is 13.1 Å². The Hall–Kier alpha value is -1.14. The largest absolute Gasteiger partial charge is 0.395 e. The standard InChI is InChI=1S/C11H20N4OS/c1-3-9-7-14-10(17-9)8-15-11(12-4-2)13-5-6-16/h7,16H,3-6,8H2,1-2H3,(H2,12,13,15). The van der Waals surface area contributed by atoms with Gasteiger partial charge in [0, 0.05) is 24.2 Å².